The maximum Gasteiger partial charge on any atom is 0.412 e. The Morgan fingerprint density at radius 1 is 1.08 bits per heavy atom. The van der Waals surface area contributed by atoms with Gasteiger partial charge in [0.25, 0.3) is 0 Å². The highest BCUT2D eigenvalue weighted by Gasteiger charge is 2.16. The molecule has 0 heterocycles. The minimum absolute atomic E-state index is 0.120. The molecule has 0 unspecified atom stereocenters. The molecule has 0 atom stereocenters. The van der Waals surface area contributed by atoms with Gasteiger partial charge in [-0.25, -0.2) is 9.59 Å². The fourth-order valence-electron chi connectivity index (χ4n) is 2.03. The molecule has 0 aliphatic heterocycles. The molecule has 3 amide bonds. The number of ether oxygens (including phenoxy) is 1. The van der Waals surface area contributed by atoms with Crippen LogP contribution in [0.1, 0.15) is 46.6 Å². The molecule has 0 aliphatic carbocycles. The van der Waals surface area contributed by atoms with Crippen LogP contribution >= 0.6 is 0 Å². The topological polar surface area (TPSA) is 79.5 Å². The highest BCUT2D eigenvalue weighted by atomic mass is 16.6. The Hall–Kier alpha value is -2.24. The van der Waals surface area contributed by atoms with Crippen molar-refractivity contribution in [3.63, 3.8) is 0 Å². The molecule has 140 valence electrons. The van der Waals surface area contributed by atoms with Crippen LogP contribution in [0.5, 0.6) is 0 Å². The van der Waals surface area contributed by atoms with E-state index in [1.54, 1.807) is 0 Å². The molecule has 1 aromatic rings. The van der Waals surface area contributed by atoms with Gasteiger partial charge in [0.05, 0.1) is 0 Å². The average Bonchev–Trinajstić information content (AvgIpc) is 2.49. The number of nitrogens with one attached hydrogen (secondary N) is 3. The van der Waals surface area contributed by atoms with E-state index < -0.39 is 11.7 Å². The maximum atomic E-state index is 11.7. The summed E-state index contributed by atoms with van der Waals surface area (Å²) < 4.78 is 5.21. The Kier molecular flexibility index (Phi) is 8.25. The molecular formula is C19H31N3O3. The van der Waals surface area contributed by atoms with Gasteiger partial charge in [0.2, 0.25) is 0 Å². The molecule has 25 heavy (non-hydrogen) atoms. The molecule has 0 aromatic heterocycles. The number of carbonyl (C=O) groups excluding carboxylic acids is 2. The van der Waals surface area contributed by atoms with E-state index in [1.165, 1.54) is 0 Å². The van der Waals surface area contributed by atoms with Crippen LogP contribution in [0, 0.1) is 5.92 Å². The summed E-state index contributed by atoms with van der Waals surface area (Å²) in [5.41, 5.74) is 1.33. The second kappa shape index (κ2) is 9.91. The van der Waals surface area contributed by atoms with Crippen LogP contribution in [0.3, 0.4) is 0 Å². The van der Waals surface area contributed by atoms with Crippen molar-refractivity contribution in [3.8, 4) is 0 Å². The Morgan fingerprint density at radius 3 is 2.28 bits per heavy atom. The molecule has 0 radical (unpaired) electrons. The van der Waals surface area contributed by atoms with Crippen LogP contribution in [0.25, 0.3) is 0 Å². The summed E-state index contributed by atoms with van der Waals surface area (Å²) >= 11 is 0. The van der Waals surface area contributed by atoms with E-state index in [1.807, 2.05) is 45.0 Å². The SMILES string of the molecule is CC(C)CNC(=O)NCCCc1ccc(NC(=O)OC(C)(C)C)cc1. The number of hydrogen-bond donors (Lipinski definition) is 3. The van der Waals surface area contributed by atoms with Crippen molar-refractivity contribution < 1.29 is 14.3 Å². The molecule has 6 nitrogen and oxygen atoms in total. The molecule has 1 aromatic carbocycles. The van der Waals surface area contributed by atoms with Crippen molar-refractivity contribution in [2.45, 2.75) is 53.1 Å². The Bertz CT molecular complexity index is 548. The summed E-state index contributed by atoms with van der Waals surface area (Å²) in [6.45, 7) is 10.9. The zero-order chi connectivity index (χ0) is 18.9. The van der Waals surface area contributed by atoms with Crippen molar-refractivity contribution >= 4 is 17.8 Å². The Balaban J connectivity index is 2.28. The zero-order valence-electron chi connectivity index (χ0n) is 15.9. The molecule has 0 fully saturated rings. The monoisotopic (exact) mass is 349 g/mol. The van der Waals surface area contributed by atoms with Crippen LogP contribution in [0.4, 0.5) is 15.3 Å². The van der Waals surface area contributed by atoms with Gasteiger partial charge in [-0.15, -0.1) is 0 Å². The van der Waals surface area contributed by atoms with Gasteiger partial charge in [-0.05, 0) is 57.2 Å². The molecule has 0 bridgehead atoms. The van der Waals surface area contributed by atoms with E-state index in [4.69, 9.17) is 4.74 Å². The van der Waals surface area contributed by atoms with Gasteiger partial charge in [0.1, 0.15) is 5.60 Å². The van der Waals surface area contributed by atoms with Gasteiger partial charge >= 0.3 is 12.1 Å². The molecule has 0 aliphatic rings. The van der Waals surface area contributed by atoms with Crippen molar-refractivity contribution in [2.24, 2.45) is 5.92 Å². The highest BCUT2D eigenvalue weighted by molar-refractivity contribution is 5.84. The predicted molar refractivity (Wildman–Crippen MR) is 101 cm³/mol. The third kappa shape index (κ3) is 10.3. The minimum Gasteiger partial charge on any atom is -0.444 e. The number of anilines is 1. The lowest BCUT2D eigenvalue weighted by Gasteiger charge is -2.19. The summed E-state index contributed by atoms with van der Waals surface area (Å²) in [5.74, 6) is 0.443. The van der Waals surface area contributed by atoms with Gasteiger partial charge < -0.3 is 15.4 Å². The number of carbonyl (C=O) groups is 2. The zero-order valence-corrected chi connectivity index (χ0v) is 15.9. The van der Waals surface area contributed by atoms with Gasteiger partial charge in [0.15, 0.2) is 0 Å². The van der Waals surface area contributed by atoms with Gasteiger partial charge in [-0.2, -0.15) is 0 Å². The summed E-state index contributed by atoms with van der Waals surface area (Å²) in [5, 5.41) is 8.37. The van der Waals surface area contributed by atoms with Gasteiger partial charge in [-0.3, -0.25) is 5.32 Å². The minimum atomic E-state index is -0.515. The standard InChI is InChI=1S/C19H31N3O3/c1-14(2)13-21-17(23)20-12-6-7-15-8-10-16(11-9-15)22-18(24)25-19(3,4)5/h8-11,14H,6-7,12-13H2,1-5H3,(H,22,24)(H2,20,21,23). The van der Waals surface area contributed by atoms with E-state index in [-0.39, 0.29) is 6.03 Å². The number of urea groups is 1. The lowest BCUT2D eigenvalue weighted by atomic mass is 10.1. The van der Waals surface area contributed by atoms with Crippen molar-refractivity contribution in [1.82, 2.24) is 10.6 Å². The molecule has 0 saturated carbocycles. The van der Waals surface area contributed by atoms with E-state index in [2.05, 4.69) is 29.8 Å². The van der Waals surface area contributed by atoms with Gasteiger partial charge in [-0.1, -0.05) is 26.0 Å². The summed E-state index contributed by atoms with van der Waals surface area (Å²) in [6.07, 6.45) is 1.25. The first-order valence-electron chi connectivity index (χ1n) is 8.76. The van der Waals surface area contributed by atoms with E-state index in [0.717, 1.165) is 18.4 Å². The maximum absolute atomic E-state index is 11.7. The second-order valence-corrected chi connectivity index (χ2v) is 7.46. The smallest absolute Gasteiger partial charge is 0.412 e. The summed E-state index contributed by atoms with van der Waals surface area (Å²) in [4.78, 5) is 23.2. The fourth-order valence-corrected chi connectivity index (χ4v) is 2.03. The first-order chi connectivity index (χ1) is 11.7. The highest BCUT2D eigenvalue weighted by Crippen LogP contribution is 2.13. The lowest BCUT2D eigenvalue weighted by Crippen LogP contribution is -2.37. The van der Waals surface area contributed by atoms with Crippen LogP contribution in [-0.2, 0) is 11.2 Å². The average molecular weight is 349 g/mol. The van der Waals surface area contributed by atoms with Crippen molar-refractivity contribution in [2.75, 3.05) is 18.4 Å². The van der Waals surface area contributed by atoms with Crippen LogP contribution in [0.2, 0.25) is 0 Å². The number of amides is 3. The normalized spacial score (nSPS) is 11.1. The van der Waals surface area contributed by atoms with Crippen LogP contribution in [-0.4, -0.2) is 30.8 Å². The first kappa shape index (κ1) is 20.8. The van der Waals surface area contributed by atoms with E-state index in [0.29, 0.717) is 24.7 Å². The number of rotatable bonds is 7. The molecule has 1 rings (SSSR count). The first-order valence-corrected chi connectivity index (χ1v) is 8.76. The molecular weight excluding hydrogens is 318 g/mol. The molecule has 0 saturated heterocycles. The number of hydrogen-bond acceptors (Lipinski definition) is 3. The van der Waals surface area contributed by atoms with Crippen LogP contribution in [0.15, 0.2) is 24.3 Å². The number of benzene rings is 1. The van der Waals surface area contributed by atoms with E-state index in [9.17, 15) is 9.59 Å². The second-order valence-electron chi connectivity index (χ2n) is 7.46. The van der Waals surface area contributed by atoms with E-state index >= 15 is 0 Å². The Labute approximate surface area is 150 Å². The quantitative estimate of drug-likeness (QED) is 0.653. The summed E-state index contributed by atoms with van der Waals surface area (Å²) in [6, 6.07) is 7.51. The molecule has 3 N–H and O–H groups in total. The third-order valence-electron chi connectivity index (χ3n) is 3.20. The Morgan fingerprint density at radius 2 is 1.72 bits per heavy atom. The molecule has 0 spiro atoms. The van der Waals surface area contributed by atoms with Crippen molar-refractivity contribution in [1.29, 1.82) is 0 Å². The predicted octanol–water partition coefficient (Wildman–Crippen LogP) is 3.92. The van der Waals surface area contributed by atoms with Crippen LogP contribution < -0.4 is 16.0 Å². The summed E-state index contributed by atoms with van der Waals surface area (Å²) in [7, 11) is 0. The van der Waals surface area contributed by atoms with Gasteiger partial charge in [0, 0.05) is 18.8 Å². The number of aryl methyl sites for hydroxylation is 1. The lowest BCUT2D eigenvalue weighted by molar-refractivity contribution is 0.0636. The largest absolute Gasteiger partial charge is 0.444 e. The van der Waals surface area contributed by atoms with Crippen molar-refractivity contribution in [3.05, 3.63) is 29.8 Å². The fraction of sp³-hybridized carbons (Fsp3) is 0.579. The third-order valence-corrected chi connectivity index (χ3v) is 3.20. The molecule has 6 heteroatoms.